The number of nitrogens with zero attached hydrogens (tertiary/aromatic N) is 1. The first kappa shape index (κ1) is 18.3. The molecule has 0 unspecified atom stereocenters. The molecule has 5 nitrogen and oxygen atoms in total. The highest BCUT2D eigenvalue weighted by Crippen LogP contribution is 2.33. The van der Waals surface area contributed by atoms with Crippen LogP contribution in [0.5, 0.6) is 5.75 Å². The van der Waals surface area contributed by atoms with E-state index in [1.54, 1.807) is 37.5 Å². The van der Waals surface area contributed by atoms with Crippen LogP contribution in [0.4, 0.5) is 5.69 Å². The summed E-state index contributed by atoms with van der Waals surface area (Å²) < 4.78 is 5.71. The van der Waals surface area contributed by atoms with E-state index in [4.69, 9.17) is 4.74 Å². The van der Waals surface area contributed by atoms with Gasteiger partial charge >= 0.3 is 0 Å². The first-order valence-corrected chi connectivity index (χ1v) is 9.58. The van der Waals surface area contributed by atoms with Gasteiger partial charge in [0, 0.05) is 11.8 Å². The van der Waals surface area contributed by atoms with Gasteiger partial charge in [-0.3, -0.25) is 9.59 Å². The lowest BCUT2D eigenvalue weighted by molar-refractivity contribution is -0.114. The van der Waals surface area contributed by atoms with Gasteiger partial charge in [-0.05, 0) is 23.8 Å². The van der Waals surface area contributed by atoms with Crippen LogP contribution in [0.25, 0.3) is 6.08 Å². The SMILES string of the molecule is COc1cccc(NC(=O)CSC2=NC(=O)/C(=C\c3ccccc3)S2)c1. The highest BCUT2D eigenvalue weighted by Gasteiger charge is 2.22. The summed E-state index contributed by atoms with van der Waals surface area (Å²) in [4.78, 5) is 28.6. The van der Waals surface area contributed by atoms with Crippen molar-refractivity contribution in [3.63, 3.8) is 0 Å². The van der Waals surface area contributed by atoms with Crippen molar-refractivity contribution in [1.29, 1.82) is 0 Å². The van der Waals surface area contributed by atoms with E-state index in [-0.39, 0.29) is 17.6 Å². The Labute approximate surface area is 159 Å². The quantitative estimate of drug-likeness (QED) is 0.788. The number of amides is 2. The number of hydrogen-bond acceptors (Lipinski definition) is 5. The second-order valence-corrected chi connectivity index (χ2v) is 7.53. The van der Waals surface area contributed by atoms with Crippen molar-refractivity contribution >= 4 is 51.5 Å². The number of ether oxygens (including phenoxy) is 1. The molecule has 1 heterocycles. The number of thioether (sulfide) groups is 2. The van der Waals surface area contributed by atoms with E-state index in [1.165, 1.54) is 23.5 Å². The molecular weight excluding hydrogens is 368 g/mol. The number of aliphatic imine (C=N–C) groups is 1. The average molecular weight is 384 g/mol. The lowest BCUT2D eigenvalue weighted by Gasteiger charge is -2.06. The molecule has 2 amide bonds. The maximum atomic E-state index is 12.1. The zero-order valence-corrected chi connectivity index (χ0v) is 15.6. The fourth-order valence-corrected chi connectivity index (χ4v) is 3.98. The summed E-state index contributed by atoms with van der Waals surface area (Å²) in [5.74, 6) is 0.413. The van der Waals surface area contributed by atoms with Crippen LogP contribution in [0, 0.1) is 0 Å². The fourth-order valence-electron chi connectivity index (χ4n) is 2.18. The van der Waals surface area contributed by atoms with Gasteiger partial charge in [0.05, 0.1) is 17.8 Å². The Kier molecular flexibility index (Phi) is 6.14. The third-order valence-corrected chi connectivity index (χ3v) is 5.51. The van der Waals surface area contributed by atoms with Gasteiger partial charge in [-0.2, -0.15) is 4.99 Å². The van der Waals surface area contributed by atoms with Crippen LogP contribution in [0.2, 0.25) is 0 Å². The third kappa shape index (κ3) is 5.00. The molecule has 0 saturated heterocycles. The van der Waals surface area contributed by atoms with Crippen LogP contribution < -0.4 is 10.1 Å². The van der Waals surface area contributed by atoms with Crippen LogP contribution in [0.3, 0.4) is 0 Å². The highest BCUT2D eigenvalue weighted by molar-refractivity contribution is 8.41. The molecule has 0 fully saturated rings. The second-order valence-electron chi connectivity index (χ2n) is 5.27. The molecular formula is C19H16N2O3S2. The second kappa shape index (κ2) is 8.73. The molecule has 1 aliphatic heterocycles. The third-order valence-electron chi connectivity index (χ3n) is 3.38. The molecule has 132 valence electrons. The molecule has 26 heavy (non-hydrogen) atoms. The van der Waals surface area contributed by atoms with Gasteiger partial charge in [0.2, 0.25) is 5.91 Å². The van der Waals surface area contributed by atoms with Gasteiger partial charge in [0.25, 0.3) is 5.91 Å². The molecule has 1 N–H and O–H groups in total. The van der Waals surface area contributed by atoms with Crippen molar-refractivity contribution in [3.05, 3.63) is 65.1 Å². The van der Waals surface area contributed by atoms with Crippen molar-refractivity contribution in [3.8, 4) is 5.75 Å². The zero-order valence-electron chi connectivity index (χ0n) is 14.0. The van der Waals surface area contributed by atoms with Gasteiger partial charge in [0.15, 0.2) is 0 Å². The summed E-state index contributed by atoms with van der Waals surface area (Å²) in [5, 5.41) is 2.80. The largest absolute Gasteiger partial charge is 0.497 e. The number of carbonyl (C=O) groups is 2. The van der Waals surface area contributed by atoms with E-state index < -0.39 is 0 Å². The number of benzene rings is 2. The minimum absolute atomic E-state index is 0.167. The van der Waals surface area contributed by atoms with Gasteiger partial charge < -0.3 is 10.1 Å². The molecule has 0 saturated carbocycles. The Morgan fingerprint density at radius 1 is 1.23 bits per heavy atom. The highest BCUT2D eigenvalue weighted by atomic mass is 32.2. The molecule has 0 aromatic heterocycles. The lowest BCUT2D eigenvalue weighted by Crippen LogP contribution is -2.14. The number of hydrogen-bond donors (Lipinski definition) is 1. The minimum Gasteiger partial charge on any atom is -0.497 e. The summed E-state index contributed by atoms with van der Waals surface area (Å²) in [6.45, 7) is 0. The summed E-state index contributed by atoms with van der Waals surface area (Å²) in [6.07, 6.45) is 1.81. The lowest BCUT2D eigenvalue weighted by atomic mass is 10.2. The van der Waals surface area contributed by atoms with Crippen LogP contribution in [-0.2, 0) is 9.59 Å². The summed E-state index contributed by atoms with van der Waals surface area (Å²) in [5.41, 5.74) is 1.61. The summed E-state index contributed by atoms with van der Waals surface area (Å²) in [6, 6.07) is 16.7. The maximum absolute atomic E-state index is 12.1. The predicted octanol–water partition coefficient (Wildman–Crippen LogP) is 4.04. The number of carbonyl (C=O) groups excluding carboxylic acids is 2. The van der Waals surface area contributed by atoms with Crippen LogP contribution in [0.15, 0.2) is 64.5 Å². The summed E-state index contributed by atoms with van der Waals surface area (Å²) in [7, 11) is 1.57. The van der Waals surface area contributed by atoms with Gasteiger partial charge in [-0.1, -0.05) is 59.9 Å². The van der Waals surface area contributed by atoms with Gasteiger partial charge in [-0.25, -0.2) is 0 Å². The first-order chi connectivity index (χ1) is 12.6. The molecule has 0 atom stereocenters. The maximum Gasteiger partial charge on any atom is 0.285 e. The number of anilines is 1. The Morgan fingerprint density at radius 3 is 2.81 bits per heavy atom. The Morgan fingerprint density at radius 2 is 2.04 bits per heavy atom. The predicted molar refractivity (Wildman–Crippen MR) is 109 cm³/mol. The van der Waals surface area contributed by atoms with E-state index in [9.17, 15) is 9.59 Å². The molecule has 2 aromatic rings. The topological polar surface area (TPSA) is 67.8 Å². The van der Waals surface area contributed by atoms with E-state index in [1.807, 2.05) is 30.3 Å². The minimum atomic E-state index is -0.269. The number of methoxy groups -OCH3 is 1. The molecule has 2 aromatic carbocycles. The normalized spacial score (nSPS) is 15.0. The van der Waals surface area contributed by atoms with E-state index in [0.717, 1.165) is 5.56 Å². The van der Waals surface area contributed by atoms with Crippen molar-refractivity contribution < 1.29 is 14.3 Å². The summed E-state index contributed by atoms with van der Waals surface area (Å²) >= 11 is 2.54. The molecule has 0 spiro atoms. The molecule has 1 aliphatic rings. The number of rotatable bonds is 5. The monoisotopic (exact) mass is 384 g/mol. The van der Waals surface area contributed by atoms with E-state index >= 15 is 0 Å². The van der Waals surface area contributed by atoms with Crippen LogP contribution in [0.1, 0.15) is 5.56 Å². The van der Waals surface area contributed by atoms with Crippen molar-refractivity contribution in [2.24, 2.45) is 4.99 Å². The Hall–Kier alpha value is -2.51. The standard InChI is InChI=1S/C19H16N2O3S2/c1-24-15-9-5-8-14(11-15)20-17(22)12-25-19-21-18(23)16(26-19)10-13-6-3-2-4-7-13/h2-11H,12H2,1H3,(H,20,22)/b16-10+. The molecule has 0 radical (unpaired) electrons. The molecule has 3 rings (SSSR count). The molecule has 0 bridgehead atoms. The average Bonchev–Trinajstić information content (AvgIpc) is 3.00. The Balaban J connectivity index is 1.53. The molecule has 7 heteroatoms. The van der Waals surface area contributed by atoms with E-state index in [2.05, 4.69) is 10.3 Å². The number of nitrogens with one attached hydrogen (secondary N) is 1. The van der Waals surface area contributed by atoms with Crippen LogP contribution in [-0.4, -0.2) is 29.1 Å². The van der Waals surface area contributed by atoms with Crippen molar-refractivity contribution in [2.75, 3.05) is 18.2 Å². The zero-order chi connectivity index (χ0) is 18.4. The van der Waals surface area contributed by atoms with Gasteiger partial charge in [-0.15, -0.1) is 0 Å². The van der Waals surface area contributed by atoms with Crippen molar-refractivity contribution in [1.82, 2.24) is 0 Å². The van der Waals surface area contributed by atoms with Crippen LogP contribution >= 0.6 is 23.5 Å². The fraction of sp³-hybridized carbons (Fsp3) is 0.105. The first-order valence-electron chi connectivity index (χ1n) is 7.78. The van der Waals surface area contributed by atoms with Crippen molar-refractivity contribution in [2.45, 2.75) is 0 Å². The molecule has 0 aliphatic carbocycles. The van der Waals surface area contributed by atoms with Gasteiger partial charge in [0.1, 0.15) is 10.1 Å². The van der Waals surface area contributed by atoms with E-state index in [0.29, 0.717) is 20.7 Å². The smallest absolute Gasteiger partial charge is 0.285 e. The Bertz CT molecular complexity index is 879.